The van der Waals surface area contributed by atoms with Crippen molar-refractivity contribution in [3.05, 3.63) is 0 Å². The summed E-state index contributed by atoms with van der Waals surface area (Å²) in [5.41, 5.74) is 0. The Hall–Kier alpha value is -0.120. The fourth-order valence-corrected chi connectivity index (χ4v) is 3.78. The van der Waals surface area contributed by atoms with Gasteiger partial charge in [0.1, 0.15) is 0 Å². The van der Waals surface area contributed by atoms with Gasteiger partial charge in [0.15, 0.2) is 0 Å². The van der Waals surface area contributed by atoms with E-state index < -0.39 is 0 Å². The van der Waals surface area contributed by atoms with Gasteiger partial charge >= 0.3 is 0 Å². The Morgan fingerprint density at radius 2 is 2.12 bits per heavy atom. The fourth-order valence-electron chi connectivity index (χ4n) is 3.78. The molecule has 3 aliphatic rings. The highest BCUT2D eigenvalue weighted by Crippen LogP contribution is 2.29. The highest BCUT2D eigenvalue weighted by Gasteiger charge is 2.35. The topological polar surface area (TPSA) is 24.5 Å². The third-order valence-corrected chi connectivity index (χ3v) is 4.77. The molecule has 3 unspecified atom stereocenters. The molecule has 0 aromatic carbocycles. The number of nitrogens with one attached hydrogen (secondary N) is 1. The minimum Gasteiger partial charge on any atom is -0.375 e. The third kappa shape index (κ3) is 2.83. The highest BCUT2D eigenvalue weighted by atomic mass is 16.5. The second-order valence-electron chi connectivity index (χ2n) is 5.88. The maximum atomic E-state index is 5.87. The number of hydrogen-bond donors (Lipinski definition) is 1. The molecule has 3 fully saturated rings. The standard InChI is InChI=1S/C14H26N2O/c1-2-8-15-12(4-1)7-9-16-10-11-17-14-6-3-5-13(14)16/h12-15H,1-11H2. The number of rotatable bonds is 3. The summed E-state index contributed by atoms with van der Waals surface area (Å²) in [6, 6.07) is 1.53. The van der Waals surface area contributed by atoms with E-state index >= 15 is 0 Å². The molecule has 1 aliphatic carbocycles. The van der Waals surface area contributed by atoms with Gasteiger partial charge in [-0.15, -0.1) is 0 Å². The number of hydrogen-bond acceptors (Lipinski definition) is 3. The van der Waals surface area contributed by atoms with Crippen molar-refractivity contribution in [3.8, 4) is 0 Å². The first kappa shape index (κ1) is 11.9. The summed E-state index contributed by atoms with van der Waals surface area (Å²) in [5.74, 6) is 0. The molecule has 2 heterocycles. The molecule has 0 amide bonds. The molecular formula is C14H26N2O. The summed E-state index contributed by atoms with van der Waals surface area (Å²) < 4.78 is 5.87. The van der Waals surface area contributed by atoms with Crippen molar-refractivity contribution >= 4 is 0 Å². The molecule has 98 valence electrons. The second-order valence-corrected chi connectivity index (χ2v) is 5.88. The largest absolute Gasteiger partial charge is 0.375 e. The van der Waals surface area contributed by atoms with Gasteiger partial charge in [0.25, 0.3) is 0 Å². The van der Waals surface area contributed by atoms with Gasteiger partial charge in [-0.25, -0.2) is 0 Å². The smallest absolute Gasteiger partial charge is 0.0730 e. The normalized spacial score (nSPS) is 39.2. The lowest BCUT2D eigenvalue weighted by atomic mass is 10.0. The van der Waals surface area contributed by atoms with Crippen LogP contribution >= 0.6 is 0 Å². The molecule has 0 spiro atoms. The van der Waals surface area contributed by atoms with Gasteiger partial charge in [-0.3, -0.25) is 4.90 Å². The van der Waals surface area contributed by atoms with E-state index in [4.69, 9.17) is 4.74 Å². The van der Waals surface area contributed by atoms with Crippen LogP contribution in [0.2, 0.25) is 0 Å². The zero-order valence-electron chi connectivity index (χ0n) is 10.9. The molecule has 3 heteroatoms. The zero-order valence-corrected chi connectivity index (χ0v) is 10.9. The van der Waals surface area contributed by atoms with Gasteiger partial charge in [0, 0.05) is 25.2 Å². The summed E-state index contributed by atoms with van der Waals surface area (Å²) in [7, 11) is 0. The number of nitrogens with zero attached hydrogens (tertiary/aromatic N) is 1. The second kappa shape index (κ2) is 5.68. The first-order chi connectivity index (χ1) is 8.43. The van der Waals surface area contributed by atoms with E-state index in [0.717, 1.165) is 25.2 Å². The Balaban J connectivity index is 1.47. The maximum Gasteiger partial charge on any atom is 0.0730 e. The molecule has 0 radical (unpaired) electrons. The summed E-state index contributed by atoms with van der Waals surface area (Å²) in [6.45, 7) is 4.63. The minimum atomic E-state index is 0.558. The molecule has 2 aliphatic heterocycles. The van der Waals surface area contributed by atoms with Crippen molar-refractivity contribution in [2.45, 2.75) is 63.1 Å². The lowest BCUT2D eigenvalue weighted by Crippen LogP contribution is -2.50. The Bertz CT molecular complexity index is 240. The van der Waals surface area contributed by atoms with E-state index in [1.54, 1.807) is 0 Å². The molecule has 0 aromatic rings. The van der Waals surface area contributed by atoms with Crippen LogP contribution in [0.1, 0.15) is 44.9 Å². The van der Waals surface area contributed by atoms with Crippen molar-refractivity contribution in [2.24, 2.45) is 0 Å². The highest BCUT2D eigenvalue weighted by molar-refractivity contribution is 4.89. The molecule has 3 rings (SSSR count). The lowest BCUT2D eigenvalue weighted by Gasteiger charge is -2.38. The Morgan fingerprint density at radius 1 is 1.12 bits per heavy atom. The third-order valence-electron chi connectivity index (χ3n) is 4.77. The van der Waals surface area contributed by atoms with Gasteiger partial charge in [0.2, 0.25) is 0 Å². The zero-order chi connectivity index (χ0) is 11.5. The Labute approximate surface area is 105 Å². The average Bonchev–Trinajstić information content (AvgIpc) is 2.86. The minimum absolute atomic E-state index is 0.558. The van der Waals surface area contributed by atoms with Gasteiger partial charge < -0.3 is 10.1 Å². The van der Waals surface area contributed by atoms with E-state index in [2.05, 4.69) is 10.2 Å². The Morgan fingerprint density at radius 3 is 3.00 bits per heavy atom. The fraction of sp³-hybridized carbons (Fsp3) is 1.00. The van der Waals surface area contributed by atoms with Crippen molar-refractivity contribution in [2.75, 3.05) is 26.2 Å². The van der Waals surface area contributed by atoms with Crippen LogP contribution in [0, 0.1) is 0 Å². The van der Waals surface area contributed by atoms with Crippen molar-refractivity contribution in [1.82, 2.24) is 10.2 Å². The SMILES string of the molecule is C1CCC(CCN2CCOC3CCCC32)NC1. The first-order valence-corrected chi connectivity index (χ1v) is 7.52. The molecular weight excluding hydrogens is 212 g/mol. The van der Waals surface area contributed by atoms with Gasteiger partial charge in [-0.1, -0.05) is 6.42 Å². The quantitative estimate of drug-likeness (QED) is 0.811. The van der Waals surface area contributed by atoms with E-state index in [0.29, 0.717) is 6.10 Å². The van der Waals surface area contributed by atoms with E-state index in [1.165, 1.54) is 58.0 Å². The predicted molar refractivity (Wildman–Crippen MR) is 69.2 cm³/mol. The monoisotopic (exact) mass is 238 g/mol. The maximum absolute atomic E-state index is 5.87. The number of piperidine rings is 1. The summed E-state index contributed by atoms with van der Waals surface area (Å²) in [4.78, 5) is 2.71. The van der Waals surface area contributed by atoms with Crippen LogP contribution in [0.15, 0.2) is 0 Å². The number of ether oxygens (including phenoxy) is 1. The van der Waals surface area contributed by atoms with Crippen LogP contribution in [0.4, 0.5) is 0 Å². The van der Waals surface area contributed by atoms with E-state index in [9.17, 15) is 0 Å². The molecule has 0 bridgehead atoms. The molecule has 3 nitrogen and oxygen atoms in total. The van der Waals surface area contributed by atoms with E-state index in [1.807, 2.05) is 0 Å². The summed E-state index contributed by atoms with van der Waals surface area (Å²) in [5, 5.41) is 3.66. The van der Waals surface area contributed by atoms with Crippen LogP contribution in [0.25, 0.3) is 0 Å². The summed E-state index contributed by atoms with van der Waals surface area (Å²) >= 11 is 0. The van der Waals surface area contributed by atoms with Crippen LogP contribution < -0.4 is 5.32 Å². The molecule has 1 saturated carbocycles. The lowest BCUT2D eigenvalue weighted by molar-refractivity contribution is -0.0565. The molecule has 3 atom stereocenters. The summed E-state index contributed by atoms with van der Waals surface area (Å²) in [6.07, 6.45) is 10.1. The van der Waals surface area contributed by atoms with E-state index in [-0.39, 0.29) is 0 Å². The predicted octanol–water partition coefficient (Wildman–Crippen LogP) is 1.77. The van der Waals surface area contributed by atoms with Gasteiger partial charge in [0.05, 0.1) is 12.7 Å². The average molecular weight is 238 g/mol. The van der Waals surface area contributed by atoms with Crippen molar-refractivity contribution < 1.29 is 4.74 Å². The molecule has 1 N–H and O–H groups in total. The van der Waals surface area contributed by atoms with Crippen LogP contribution in [-0.4, -0.2) is 49.3 Å². The first-order valence-electron chi connectivity index (χ1n) is 7.52. The van der Waals surface area contributed by atoms with Gasteiger partial charge in [-0.05, 0) is 45.1 Å². The molecule has 0 aromatic heterocycles. The number of morpholine rings is 1. The number of fused-ring (bicyclic) bond motifs is 1. The van der Waals surface area contributed by atoms with Crippen LogP contribution in [0.5, 0.6) is 0 Å². The van der Waals surface area contributed by atoms with Crippen LogP contribution in [-0.2, 0) is 4.74 Å². The van der Waals surface area contributed by atoms with Gasteiger partial charge in [-0.2, -0.15) is 0 Å². The van der Waals surface area contributed by atoms with Crippen molar-refractivity contribution in [3.63, 3.8) is 0 Å². The molecule has 17 heavy (non-hydrogen) atoms. The van der Waals surface area contributed by atoms with Crippen LogP contribution in [0.3, 0.4) is 0 Å². The molecule has 2 saturated heterocycles. The van der Waals surface area contributed by atoms with Crippen molar-refractivity contribution in [1.29, 1.82) is 0 Å². The Kier molecular flexibility index (Phi) is 3.99.